The number of urea groups is 1. The standard InChI is InChI=1S/C22H35N3O2/c1-3-24-22(26)25-15-7-10-20(23-2)21(25)16-27-19-13-11-18(12-14-19)17-8-5-4-6-9-17/h4-6,8-9,18-21,23H,3,7,10-16H2,1-2H3,(H,24,26)/t18?,19?,20?,21-/m0/s1. The summed E-state index contributed by atoms with van der Waals surface area (Å²) in [6.07, 6.45) is 7.06. The number of piperidine rings is 1. The number of nitrogens with one attached hydrogen (secondary N) is 2. The van der Waals surface area contributed by atoms with Gasteiger partial charge >= 0.3 is 6.03 Å². The molecule has 5 nitrogen and oxygen atoms in total. The highest BCUT2D eigenvalue weighted by Crippen LogP contribution is 2.34. The Hall–Kier alpha value is -1.59. The second-order valence-corrected chi connectivity index (χ2v) is 7.85. The zero-order chi connectivity index (χ0) is 19.1. The summed E-state index contributed by atoms with van der Waals surface area (Å²) in [4.78, 5) is 14.4. The Labute approximate surface area is 163 Å². The van der Waals surface area contributed by atoms with Gasteiger partial charge in [0.05, 0.1) is 18.8 Å². The van der Waals surface area contributed by atoms with Crippen LogP contribution in [0, 0.1) is 0 Å². The minimum Gasteiger partial charge on any atom is -0.376 e. The monoisotopic (exact) mass is 373 g/mol. The predicted octanol–water partition coefficient (Wildman–Crippen LogP) is 3.51. The minimum atomic E-state index is 0.0406. The van der Waals surface area contributed by atoms with Crippen LogP contribution < -0.4 is 10.6 Å². The van der Waals surface area contributed by atoms with Gasteiger partial charge in [-0.15, -0.1) is 0 Å². The number of hydrogen-bond acceptors (Lipinski definition) is 3. The van der Waals surface area contributed by atoms with Crippen molar-refractivity contribution in [3.63, 3.8) is 0 Å². The predicted molar refractivity (Wildman–Crippen MR) is 109 cm³/mol. The summed E-state index contributed by atoms with van der Waals surface area (Å²) in [6.45, 7) is 4.08. The summed E-state index contributed by atoms with van der Waals surface area (Å²) >= 11 is 0. The van der Waals surface area contributed by atoms with Crippen molar-refractivity contribution in [2.24, 2.45) is 0 Å². The van der Waals surface area contributed by atoms with E-state index in [9.17, 15) is 4.79 Å². The van der Waals surface area contributed by atoms with Crippen LogP contribution in [0.3, 0.4) is 0 Å². The quantitative estimate of drug-likeness (QED) is 0.802. The van der Waals surface area contributed by atoms with Crippen LogP contribution in [0.2, 0.25) is 0 Å². The first-order valence-corrected chi connectivity index (χ1v) is 10.6. The molecule has 1 aliphatic heterocycles. The molecule has 27 heavy (non-hydrogen) atoms. The second kappa shape index (κ2) is 10.1. The zero-order valence-electron chi connectivity index (χ0n) is 16.8. The molecule has 1 aromatic carbocycles. The summed E-state index contributed by atoms with van der Waals surface area (Å²) in [5, 5.41) is 6.35. The molecule has 2 amide bonds. The molecule has 0 aromatic heterocycles. The Morgan fingerprint density at radius 2 is 1.89 bits per heavy atom. The van der Waals surface area contributed by atoms with Crippen molar-refractivity contribution in [3.8, 4) is 0 Å². The maximum Gasteiger partial charge on any atom is 0.317 e. The summed E-state index contributed by atoms with van der Waals surface area (Å²) in [5.41, 5.74) is 1.46. The lowest BCUT2D eigenvalue weighted by Gasteiger charge is -2.42. The topological polar surface area (TPSA) is 53.6 Å². The van der Waals surface area contributed by atoms with Gasteiger partial charge in [0.1, 0.15) is 0 Å². The molecule has 2 fully saturated rings. The zero-order valence-corrected chi connectivity index (χ0v) is 16.8. The van der Waals surface area contributed by atoms with Gasteiger partial charge < -0.3 is 20.3 Å². The number of rotatable bonds is 6. The molecule has 1 heterocycles. The highest BCUT2D eigenvalue weighted by Gasteiger charge is 2.34. The molecule has 150 valence electrons. The Morgan fingerprint density at radius 3 is 2.56 bits per heavy atom. The van der Waals surface area contributed by atoms with Crippen LogP contribution in [0.1, 0.15) is 56.9 Å². The third-order valence-electron chi connectivity index (χ3n) is 6.19. The normalized spacial score (nSPS) is 28.7. The lowest BCUT2D eigenvalue weighted by atomic mass is 9.83. The molecular formula is C22H35N3O2. The Morgan fingerprint density at radius 1 is 1.15 bits per heavy atom. The van der Waals surface area contributed by atoms with Crippen LogP contribution in [0.25, 0.3) is 0 Å². The van der Waals surface area contributed by atoms with Crippen LogP contribution in [0.5, 0.6) is 0 Å². The van der Waals surface area contributed by atoms with E-state index in [1.807, 2.05) is 18.9 Å². The number of ether oxygens (including phenoxy) is 1. The van der Waals surface area contributed by atoms with E-state index in [-0.39, 0.29) is 12.1 Å². The van der Waals surface area contributed by atoms with E-state index in [1.165, 1.54) is 18.4 Å². The number of carbonyl (C=O) groups excluding carboxylic acids is 1. The molecule has 0 spiro atoms. The van der Waals surface area contributed by atoms with Crippen LogP contribution in [-0.4, -0.2) is 55.9 Å². The third-order valence-corrected chi connectivity index (χ3v) is 6.19. The van der Waals surface area contributed by atoms with Crippen molar-refractivity contribution >= 4 is 6.03 Å². The fraction of sp³-hybridized carbons (Fsp3) is 0.682. The molecule has 2 aliphatic rings. The van der Waals surface area contributed by atoms with Crippen LogP contribution in [0.15, 0.2) is 30.3 Å². The lowest BCUT2D eigenvalue weighted by molar-refractivity contribution is -0.0188. The first-order valence-electron chi connectivity index (χ1n) is 10.6. The van der Waals surface area contributed by atoms with Crippen molar-refractivity contribution in [1.29, 1.82) is 0 Å². The maximum atomic E-state index is 12.5. The lowest BCUT2D eigenvalue weighted by Crippen LogP contribution is -2.59. The second-order valence-electron chi connectivity index (χ2n) is 7.85. The van der Waals surface area contributed by atoms with E-state index >= 15 is 0 Å². The van der Waals surface area contributed by atoms with Crippen molar-refractivity contribution < 1.29 is 9.53 Å². The largest absolute Gasteiger partial charge is 0.376 e. The molecule has 1 saturated heterocycles. The molecule has 0 radical (unpaired) electrons. The number of nitrogens with zero attached hydrogens (tertiary/aromatic N) is 1. The van der Waals surface area contributed by atoms with Crippen molar-refractivity contribution in [2.45, 2.75) is 69.6 Å². The number of hydrogen-bond donors (Lipinski definition) is 2. The SMILES string of the molecule is CCNC(=O)N1CCCC(NC)[C@@H]1COC1CCC(c2ccccc2)CC1. The van der Waals surface area contributed by atoms with Gasteiger partial charge in [0.25, 0.3) is 0 Å². The average molecular weight is 374 g/mol. The van der Waals surface area contributed by atoms with Gasteiger partial charge in [-0.3, -0.25) is 0 Å². The van der Waals surface area contributed by atoms with Crippen LogP contribution >= 0.6 is 0 Å². The van der Waals surface area contributed by atoms with E-state index < -0.39 is 0 Å². The molecule has 0 bridgehead atoms. The van der Waals surface area contributed by atoms with Gasteiger partial charge in [-0.1, -0.05) is 30.3 Å². The van der Waals surface area contributed by atoms with Crippen LogP contribution in [-0.2, 0) is 4.74 Å². The maximum absolute atomic E-state index is 12.5. The molecule has 1 unspecified atom stereocenters. The smallest absolute Gasteiger partial charge is 0.317 e. The summed E-state index contributed by atoms with van der Waals surface area (Å²) in [5.74, 6) is 0.664. The van der Waals surface area contributed by atoms with E-state index in [2.05, 4.69) is 41.0 Å². The van der Waals surface area contributed by atoms with Gasteiger partial charge in [-0.25, -0.2) is 4.79 Å². The van der Waals surface area contributed by atoms with Crippen molar-refractivity contribution in [3.05, 3.63) is 35.9 Å². The van der Waals surface area contributed by atoms with Gasteiger partial charge in [-0.05, 0) is 64.0 Å². The third kappa shape index (κ3) is 5.23. The minimum absolute atomic E-state index is 0.0406. The Kier molecular flexibility index (Phi) is 7.53. The van der Waals surface area contributed by atoms with E-state index in [0.717, 1.165) is 32.2 Å². The molecule has 1 saturated carbocycles. The van der Waals surface area contributed by atoms with Gasteiger partial charge in [0.2, 0.25) is 0 Å². The Balaban J connectivity index is 1.52. The summed E-state index contributed by atoms with van der Waals surface area (Å²) in [7, 11) is 1.99. The number of amides is 2. The fourth-order valence-electron chi connectivity index (χ4n) is 4.63. The molecule has 3 rings (SSSR count). The molecular weight excluding hydrogens is 338 g/mol. The molecule has 2 N–H and O–H groups in total. The number of likely N-dealkylation sites (N-methyl/N-ethyl adjacent to an activating group) is 1. The molecule has 5 heteroatoms. The van der Waals surface area contributed by atoms with Crippen LogP contribution in [0.4, 0.5) is 4.79 Å². The van der Waals surface area contributed by atoms with Gasteiger partial charge in [0.15, 0.2) is 0 Å². The van der Waals surface area contributed by atoms with Crippen molar-refractivity contribution in [2.75, 3.05) is 26.7 Å². The number of likely N-dealkylation sites (tertiary alicyclic amines) is 1. The average Bonchev–Trinajstić information content (AvgIpc) is 2.73. The fourth-order valence-corrected chi connectivity index (χ4v) is 4.63. The van der Waals surface area contributed by atoms with Gasteiger partial charge in [-0.2, -0.15) is 0 Å². The molecule has 1 aromatic rings. The number of benzene rings is 1. The van der Waals surface area contributed by atoms with Crippen molar-refractivity contribution in [1.82, 2.24) is 15.5 Å². The van der Waals surface area contributed by atoms with E-state index in [0.29, 0.717) is 31.2 Å². The first kappa shape index (κ1) is 20.2. The highest BCUT2D eigenvalue weighted by molar-refractivity contribution is 5.74. The highest BCUT2D eigenvalue weighted by atomic mass is 16.5. The van der Waals surface area contributed by atoms with Gasteiger partial charge in [0, 0.05) is 19.1 Å². The first-order chi connectivity index (χ1) is 13.2. The van der Waals surface area contributed by atoms with E-state index in [4.69, 9.17) is 4.74 Å². The Bertz CT molecular complexity index is 572. The molecule has 2 atom stereocenters. The summed E-state index contributed by atoms with van der Waals surface area (Å²) in [6, 6.07) is 11.3. The molecule has 1 aliphatic carbocycles. The van der Waals surface area contributed by atoms with E-state index in [1.54, 1.807) is 0 Å². The summed E-state index contributed by atoms with van der Waals surface area (Å²) < 4.78 is 6.34. The number of carbonyl (C=O) groups is 1.